The number of nitrogens with zero attached hydrogens (tertiary/aromatic N) is 3. The molecule has 3 aromatic rings. The van der Waals surface area contributed by atoms with Gasteiger partial charge >= 0.3 is 5.97 Å². The fourth-order valence-corrected chi connectivity index (χ4v) is 5.38. The summed E-state index contributed by atoms with van der Waals surface area (Å²) in [5.74, 6) is -0.205. The standard InChI is InChI=1S/C27H32N4O2S/c1-17-13-18(2)15-21(14-17)31-19(3)16-22(20(31)4)26-25(23-9-6-7-11-28-23)29-27(34)30(26)12-8-10-24(32)33-5/h6-7,9,11,13-16,25-26H,8,10,12H2,1-5H3,(H,29,34)/t25-,26-/m0/s1. The number of carbonyl (C=O) groups excluding carboxylic acids is 1. The van der Waals surface area contributed by atoms with Crippen molar-refractivity contribution in [3.8, 4) is 5.69 Å². The average molecular weight is 477 g/mol. The summed E-state index contributed by atoms with van der Waals surface area (Å²) in [5.41, 5.74) is 8.15. The van der Waals surface area contributed by atoms with Crippen LogP contribution in [0.15, 0.2) is 48.7 Å². The molecule has 0 saturated carbocycles. The molecule has 1 saturated heterocycles. The van der Waals surface area contributed by atoms with Crippen LogP contribution in [0.3, 0.4) is 0 Å². The van der Waals surface area contributed by atoms with Gasteiger partial charge < -0.3 is 19.5 Å². The Labute approximate surface area is 207 Å². The van der Waals surface area contributed by atoms with Gasteiger partial charge in [0.15, 0.2) is 5.11 Å². The van der Waals surface area contributed by atoms with Gasteiger partial charge in [0.25, 0.3) is 0 Å². The lowest BCUT2D eigenvalue weighted by Gasteiger charge is -2.28. The molecule has 0 amide bonds. The summed E-state index contributed by atoms with van der Waals surface area (Å²) in [7, 11) is 1.42. The minimum atomic E-state index is -0.205. The molecule has 178 valence electrons. The fourth-order valence-electron chi connectivity index (χ4n) is 5.04. The summed E-state index contributed by atoms with van der Waals surface area (Å²) < 4.78 is 7.15. The fraction of sp³-hybridized carbons (Fsp3) is 0.370. The number of pyridine rings is 1. The number of rotatable bonds is 7. The van der Waals surface area contributed by atoms with Gasteiger partial charge in [0.1, 0.15) is 0 Å². The third-order valence-corrected chi connectivity index (χ3v) is 6.81. The van der Waals surface area contributed by atoms with E-state index in [-0.39, 0.29) is 18.1 Å². The molecule has 1 N–H and O–H groups in total. The summed E-state index contributed by atoms with van der Waals surface area (Å²) in [4.78, 5) is 18.6. The van der Waals surface area contributed by atoms with Gasteiger partial charge in [0.2, 0.25) is 0 Å². The van der Waals surface area contributed by atoms with E-state index in [1.54, 1.807) is 0 Å². The quantitative estimate of drug-likeness (QED) is 0.381. The number of nitrogens with one attached hydrogen (secondary N) is 1. The largest absolute Gasteiger partial charge is 0.469 e. The lowest BCUT2D eigenvalue weighted by Crippen LogP contribution is -2.31. The molecule has 0 spiro atoms. The first kappa shape index (κ1) is 24.0. The zero-order valence-electron chi connectivity index (χ0n) is 20.5. The van der Waals surface area contributed by atoms with Crippen LogP contribution in [0, 0.1) is 27.7 Å². The van der Waals surface area contributed by atoms with Crippen molar-refractivity contribution in [2.45, 2.75) is 52.6 Å². The van der Waals surface area contributed by atoms with Gasteiger partial charge in [-0.1, -0.05) is 12.1 Å². The highest BCUT2D eigenvalue weighted by molar-refractivity contribution is 7.80. The van der Waals surface area contributed by atoms with Crippen LogP contribution in [-0.2, 0) is 9.53 Å². The number of carbonyl (C=O) groups is 1. The number of aromatic nitrogens is 2. The second-order valence-electron chi connectivity index (χ2n) is 9.01. The van der Waals surface area contributed by atoms with Gasteiger partial charge in [-0.05, 0) is 93.4 Å². The molecule has 3 heterocycles. The van der Waals surface area contributed by atoms with Crippen molar-refractivity contribution in [1.82, 2.24) is 19.8 Å². The van der Waals surface area contributed by atoms with Gasteiger partial charge in [-0.2, -0.15) is 0 Å². The summed E-state index contributed by atoms with van der Waals surface area (Å²) in [6.07, 6.45) is 2.84. The minimum absolute atomic E-state index is 0.0362. The van der Waals surface area contributed by atoms with Crippen LogP contribution < -0.4 is 5.32 Å². The van der Waals surface area contributed by atoms with Crippen molar-refractivity contribution in [1.29, 1.82) is 0 Å². The molecule has 0 aliphatic carbocycles. The summed E-state index contributed by atoms with van der Waals surface area (Å²) in [6, 6.07) is 14.7. The predicted molar refractivity (Wildman–Crippen MR) is 138 cm³/mol. The molecule has 0 bridgehead atoms. The molecular weight excluding hydrogens is 444 g/mol. The van der Waals surface area contributed by atoms with Crippen LogP contribution in [0.2, 0.25) is 0 Å². The molecule has 1 aromatic carbocycles. The molecule has 4 rings (SSSR count). The molecule has 34 heavy (non-hydrogen) atoms. The van der Waals surface area contributed by atoms with Crippen LogP contribution >= 0.6 is 12.2 Å². The Bertz CT molecular complexity index is 1180. The van der Waals surface area contributed by atoms with E-state index in [2.05, 4.69) is 71.7 Å². The zero-order valence-corrected chi connectivity index (χ0v) is 21.3. The Morgan fingerprint density at radius 3 is 2.50 bits per heavy atom. The van der Waals surface area contributed by atoms with Gasteiger partial charge in [0, 0.05) is 36.2 Å². The Morgan fingerprint density at radius 2 is 1.85 bits per heavy atom. The topological polar surface area (TPSA) is 59.4 Å². The molecule has 6 nitrogen and oxygen atoms in total. The number of esters is 1. The van der Waals surface area contributed by atoms with Crippen LogP contribution in [-0.4, -0.2) is 39.2 Å². The lowest BCUT2D eigenvalue weighted by atomic mass is 9.96. The number of ether oxygens (including phenoxy) is 1. The van der Waals surface area contributed by atoms with E-state index in [4.69, 9.17) is 17.0 Å². The van der Waals surface area contributed by atoms with Crippen LogP contribution in [0.5, 0.6) is 0 Å². The molecule has 1 aliphatic heterocycles. The monoisotopic (exact) mass is 476 g/mol. The number of hydrogen-bond acceptors (Lipinski definition) is 4. The molecule has 2 atom stereocenters. The number of benzene rings is 1. The van der Waals surface area contributed by atoms with Crippen molar-refractivity contribution in [2.24, 2.45) is 0 Å². The van der Waals surface area contributed by atoms with Crippen molar-refractivity contribution in [2.75, 3.05) is 13.7 Å². The molecular formula is C27H32N4O2S. The van der Waals surface area contributed by atoms with Gasteiger partial charge in [-0.25, -0.2) is 0 Å². The highest BCUT2D eigenvalue weighted by Crippen LogP contribution is 2.41. The highest BCUT2D eigenvalue weighted by Gasteiger charge is 2.41. The van der Waals surface area contributed by atoms with E-state index in [1.165, 1.54) is 40.9 Å². The minimum Gasteiger partial charge on any atom is -0.469 e. The van der Waals surface area contributed by atoms with Crippen molar-refractivity contribution >= 4 is 23.3 Å². The van der Waals surface area contributed by atoms with Crippen LogP contribution in [0.1, 0.15) is 58.7 Å². The van der Waals surface area contributed by atoms with Crippen LogP contribution in [0.4, 0.5) is 0 Å². The molecule has 1 fully saturated rings. The summed E-state index contributed by atoms with van der Waals surface area (Å²) in [6.45, 7) is 9.23. The van der Waals surface area contributed by atoms with Gasteiger partial charge in [0.05, 0.1) is 24.9 Å². The van der Waals surface area contributed by atoms with Crippen molar-refractivity contribution < 1.29 is 9.53 Å². The lowest BCUT2D eigenvalue weighted by molar-refractivity contribution is -0.140. The third kappa shape index (κ3) is 4.71. The molecule has 7 heteroatoms. The maximum Gasteiger partial charge on any atom is 0.305 e. The Morgan fingerprint density at radius 1 is 1.12 bits per heavy atom. The third-order valence-electron chi connectivity index (χ3n) is 6.46. The van der Waals surface area contributed by atoms with E-state index in [0.29, 0.717) is 24.5 Å². The number of aryl methyl sites for hydroxylation is 3. The van der Waals surface area contributed by atoms with E-state index >= 15 is 0 Å². The number of thiocarbonyl (C=S) groups is 1. The Kier molecular flexibility index (Phi) is 7.03. The van der Waals surface area contributed by atoms with E-state index in [0.717, 1.165) is 5.69 Å². The van der Waals surface area contributed by atoms with E-state index < -0.39 is 0 Å². The van der Waals surface area contributed by atoms with Crippen LogP contribution in [0.25, 0.3) is 5.69 Å². The SMILES string of the molecule is COC(=O)CCCN1C(=S)N[C@@H](c2ccccn2)[C@@H]1c1cc(C)n(-c2cc(C)cc(C)c2)c1C. The molecule has 0 unspecified atom stereocenters. The van der Waals surface area contributed by atoms with Gasteiger partial charge in [-0.3, -0.25) is 9.78 Å². The average Bonchev–Trinajstić information content (AvgIpc) is 3.28. The second-order valence-corrected chi connectivity index (χ2v) is 9.39. The second kappa shape index (κ2) is 9.97. The Hall–Kier alpha value is -3.19. The maximum absolute atomic E-state index is 11.7. The number of methoxy groups -OCH3 is 1. The van der Waals surface area contributed by atoms with Crippen molar-refractivity contribution in [3.05, 3.63) is 82.4 Å². The first-order valence-corrected chi connectivity index (χ1v) is 12.0. The molecule has 1 aliphatic rings. The van der Waals surface area contributed by atoms with E-state index in [1.807, 2.05) is 24.4 Å². The zero-order chi connectivity index (χ0) is 24.4. The van der Waals surface area contributed by atoms with Crippen molar-refractivity contribution in [3.63, 3.8) is 0 Å². The first-order valence-electron chi connectivity index (χ1n) is 11.6. The van der Waals surface area contributed by atoms with Gasteiger partial charge in [-0.15, -0.1) is 0 Å². The predicted octanol–water partition coefficient (Wildman–Crippen LogP) is 5.03. The number of hydrogen-bond donors (Lipinski definition) is 1. The molecule has 2 aromatic heterocycles. The molecule has 0 radical (unpaired) electrons. The normalized spacial score (nSPS) is 17.7. The Balaban J connectivity index is 1.77. The maximum atomic E-state index is 11.7. The van der Waals surface area contributed by atoms with E-state index in [9.17, 15) is 4.79 Å². The highest BCUT2D eigenvalue weighted by atomic mass is 32.1. The summed E-state index contributed by atoms with van der Waals surface area (Å²) in [5, 5.41) is 4.19. The smallest absolute Gasteiger partial charge is 0.305 e. The summed E-state index contributed by atoms with van der Waals surface area (Å²) >= 11 is 5.78. The first-order chi connectivity index (χ1) is 16.3.